The summed E-state index contributed by atoms with van der Waals surface area (Å²) in [5, 5.41) is 3.07. The van der Waals surface area contributed by atoms with E-state index in [2.05, 4.69) is 26.1 Å². The van der Waals surface area contributed by atoms with E-state index in [1.54, 1.807) is 24.3 Å². The fourth-order valence-electron chi connectivity index (χ4n) is 3.60. The van der Waals surface area contributed by atoms with Gasteiger partial charge in [-0.3, -0.25) is 9.10 Å². The average Bonchev–Trinajstić information content (AvgIpc) is 2.48. The number of rotatable bonds is 10. The van der Waals surface area contributed by atoms with Crippen molar-refractivity contribution >= 4 is 21.6 Å². The Morgan fingerprint density at radius 3 is 2.29 bits per heavy atom. The molecule has 0 radical (unpaired) electrons. The molecular formula is C21H36N2O4S. The molecule has 7 heteroatoms. The van der Waals surface area contributed by atoms with E-state index >= 15 is 0 Å². The minimum Gasteiger partial charge on any atom is -0.492 e. The van der Waals surface area contributed by atoms with Gasteiger partial charge in [0.15, 0.2) is 0 Å². The number of benzene rings is 1. The number of nitrogens with zero attached hydrogens (tertiary/aromatic N) is 1. The maximum absolute atomic E-state index is 12.4. The molecule has 0 fully saturated rings. The zero-order chi connectivity index (χ0) is 21.6. The maximum Gasteiger partial charge on any atom is 0.232 e. The molecule has 0 aliphatic carbocycles. The minimum atomic E-state index is -3.49. The first-order valence-corrected chi connectivity index (χ1v) is 11.6. The summed E-state index contributed by atoms with van der Waals surface area (Å²) in [5.41, 5.74) is 0.292. The van der Waals surface area contributed by atoms with Crippen LogP contribution in [0.15, 0.2) is 24.3 Å². The van der Waals surface area contributed by atoms with Gasteiger partial charge < -0.3 is 10.1 Å². The number of hydrogen-bond acceptors (Lipinski definition) is 4. The zero-order valence-corrected chi connectivity index (χ0v) is 19.1. The Hall–Kier alpha value is -1.76. The van der Waals surface area contributed by atoms with Crippen molar-refractivity contribution in [1.82, 2.24) is 5.32 Å². The van der Waals surface area contributed by atoms with E-state index in [1.165, 1.54) is 10.6 Å². The Morgan fingerprint density at radius 1 is 1.14 bits per heavy atom. The van der Waals surface area contributed by atoms with Gasteiger partial charge in [0.25, 0.3) is 0 Å². The highest BCUT2D eigenvalue weighted by molar-refractivity contribution is 7.92. The molecule has 1 amide bonds. The second-order valence-electron chi connectivity index (χ2n) is 9.01. The van der Waals surface area contributed by atoms with Crippen LogP contribution in [0.5, 0.6) is 5.75 Å². The number of anilines is 1. The van der Waals surface area contributed by atoms with Gasteiger partial charge in [0.05, 0.1) is 18.6 Å². The number of nitrogens with one attached hydrogen (secondary N) is 1. The number of para-hydroxylation sites is 2. The van der Waals surface area contributed by atoms with E-state index in [-0.39, 0.29) is 29.8 Å². The molecule has 6 nitrogen and oxygen atoms in total. The molecular weight excluding hydrogens is 376 g/mol. The summed E-state index contributed by atoms with van der Waals surface area (Å²) in [6, 6.07) is 7.05. The second kappa shape index (κ2) is 9.63. The molecule has 0 saturated heterocycles. The Bertz CT molecular complexity index is 752. The van der Waals surface area contributed by atoms with E-state index in [4.69, 9.17) is 4.74 Å². The van der Waals surface area contributed by atoms with Crippen LogP contribution in [0.3, 0.4) is 0 Å². The van der Waals surface area contributed by atoms with Gasteiger partial charge in [-0.15, -0.1) is 0 Å². The molecule has 160 valence electrons. The van der Waals surface area contributed by atoms with Crippen LogP contribution in [0.25, 0.3) is 0 Å². The molecule has 0 aromatic heterocycles. The Balaban J connectivity index is 2.78. The van der Waals surface area contributed by atoms with E-state index in [0.29, 0.717) is 24.5 Å². The minimum absolute atomic E-state index is 0.0687. The van der Waals surface area contributed by atoms with Gasteiger partial charge in [0.1, 0.15) is 5.75 Å². The second-order valence-corrected chi connectivity index (χ2v) is 10.9. The average molecular weight is 413 g/mol. The highest BCUT2D eigenvalue weighted by Gasteiger charge is 2.27. The fourth-order valence-corrected chi connectivity index (χ4v) is 4.57. The molecule has 28 heavy (non-hydrogen) atoms. The number of hydrogen-bond donors (Lipinski definition) is 1. The summed E-state index contributed by atoms with van der Waals surface area (Å²) >= 11 is 0. The molecule has 0 atom stereocenters. The number of carbonyl (C=O) groups excluding carboxylic acids is 1. The topological polar surface area (TPSA) is 75.7 Å². The van der Waals surface area contributed by atoms with Crippen molar-refractivity contribution < 1.29 is 17.9 Å². The first kappa shape index (κ1) is 24.3. The van der Waals surface area contributed by atoms with Gasteiger partial charge in [0, 0.05) is 18.5 Å². The lowest BCUT2D eigenvalue weighted by atomic mass is 9.82. The third-order valence-electron chi connectivity index (χ3n) is 4.05. The molecule has 0 saturated carbocycles. The van der Waals surface area contributed by atoms with Crippen LogP contribution in [-0.4, -0.2) is 39.3 Å². The van der Waals surface area contributed by atoms with Gasteiger partial charge in [-0.25, -0.2) is 8.42 Å². The molecule has 1 aromatic carbocycles. The molecule has 0 bridgehead atoms. The van der Waals surface area contributed by atoms with Crippen molar-refractivity contribution in [3.8, 4) is 5.75 Å². The van der Waals surface area contributed by atoms with Crippen LogP contribution in [0.1, 0.15) is 60.8 Å². The van der Waals surface area contributed by atoms with E-state index in [9.17, 15) is 13.2 Å². The molecule has 0 heterocycles. The van der Waals surface area contributed by atoms with Crippen LogP contribution >= 0.6 is 0 Å². The zero-order valence-electron chi connectivity index (χ0n) is 18.3. The Labute approximate surface area is 170 Å². The van der Waals surface area contributed by atoms with Gasteiger partial charge >= 0.3 is 0 Å². The monoisotopic (exact) mass is 412 g/mol. The van der Waals surface area contributed by atoms with Crippen LogP contribution < -0.4 is 14.4 Å². The van der Waals surface area contributed by atoms with Crippen molar-refractivity contribution in [3.05, 3.63) is 24.3 Å². The number of amides is 1. The fraction of sp³-hybridized carbons (Fsp3) is 0.667. The van der Waals surface area contributed by atoms with Crippen molar-refractivity contribution in [2.75, 3.05) is 23.7 Å². The lowest BCUT2D eigenvalue weighted by Crippen LogP contribution is -2.46. The summed E-state index contributed by atoms with van der Waals surface area (Å²) in [7, 11) is -3.49. The summed E-state index contributed by atoms with van der Waals surface area (Å²) in [6.07, 6.45) is 2.70. The molecule has 1 rings (SSSR count). The first-order chi connectivity index (χ1) is 12.7. The van der Waals surface area contributed by atoms with Crippen molar-refractivity contribution in [2.24, 2.45) is 5.41 Å². The summed E-state index contributed by atoms with van der Waals surface area (Å²) in [5.74, 6) is 0.451. The standard InChI is InChI=1S/C21H36N2O4S/c1-8-27-18-13-10-9-12-17(18)23(28(7,25)26)15-11-14-19(24)22-21(5,6)16-20(2,3)4/h9-10,12-13H,8,11,14-16H2,1-7H3,(H,22,24). The number of sulfonamides is 1. The normalized spacial score (nSPS) is 12.5. The molecule has 1 aromatic rings. The van der Waals surface area contributed by atoms with Crippen molar-refractivity contribution in [2.45, 2.75) is 66.3 Å². The van der Waals surface area contributed by atoms with E-state index in [0.717, 1.165) is 6.42 Å². The quantitative estimate of drug-likeness (QED) is 0.631. The van der Waals surface area contributed by atoms with Crippen molar-refractivity contribution in [1.29, 1.82) is 0 Å². The summed E-state index contributed by atoms with van der Waals surface area (Å²) < 4.78 is 31.5. The largest absolute Gasteiger partial charge is 0.492 e. The molecule has 0 unspecified atom stereocenters. The lowest BCUT2D eigenvalue weighted by Gasteiger charge is -2.33. The van der Waals surface area contributed by atoms with E-state index < -0.39 is 10.0 Å². The van der Waals surface area contributed by atoms with Crippen LogP contribution in [0, 0.1) is 5.41 Å². The number of ether oxygens (including phenoxy) is 1. The van der Waals surface area contributed by atoms with Crippen LogP contribution in [-0.2, 0) is 14.8 Å². The molecule has 0 spiro atoms. The smallest absolute Gasteiger partial charge is 0.232 e. The molecule has 0 aliphatic rings. The number of carbonyl (C=O) groups is 1. The first-order valence-electron chi connectivity index (χ1n) is 9.76. The molecule has 0 aliphatic heterocycles. The SMILES string of the molecule is CCOc1ccccc1N(CCCC(=O)NC(C)(C)CC(C)(C)C)S(C)(=O)=O. The van der Waals surface area contributed by atoms with Gasteiger partial charge in [-0.2, -0.15) is 0 Å². The predicted octanol–water partition coefficient (Wildman–Crippen LogP) is 3.96. The predicted molar refractivity (Wildman–Crippen MR) is 115 cm³/mol. The highest BCUT2D eigenvalue weighted by Crippen LogP contribution is 2.30. The third-order valence-corrected chi connectivity index (χ3v) is 5.23. The summed E-state index contributed by atoms with van der Waals surface area (Å²) in [6.45, 7) is 13.0. The van der Waals surface area contributed by atoms with Gasteiger partial charge in [-0.1, -0.05) is 32.9 Å². The Morgan fingerprint density at radius 2 is 1.75 bits per heavy atom. The molecule has 1 N–H and O–H groups in total. The Kier molecular flexibility index (Phi) is 8.35. The van der Waals surface area contributed by atoms with Crippen LogP contribution in [0.2, 0.25) is 0 Å². The van der Waals surface area contributed by atoms with Gasteiger partial charge in [0.2, 0.25) is 15.9 Å². The van der Waals surface area contributed by atoms with Gasteiger partial charge in [-0.05, 0) is 51.2 Å². The maximum atomic E-state index is 12.4. The lowest BCUT2D eigenvalue weighted by molar-refractivity contribution is -0.123. The van der Waals surface area contributed by atoms with Crippen molar-refractivity contribution in [3.63, 3.8) is 0 Å². The highest BCUT2D eigenvalue weighted by atomic mass is 32.2. The van der Waals surface area contributed by atoms with E-state index in [1.807, 2.05) is 20.8 Å². The van der Waals surface area contributed by atoms with Crippen LogP contribution in [0.4, 0.5) is 5.69 Å². The summed E-state index contributed by atoms with van der Waals surface area (Å²) in [4.78, 5) is 12.4. The third kappa shape index (κ3) is 8.50.